The summed E-state index contributed by atoms with van der Waals surface area (Å²) in [4.78, 5) is 10.6. The second-order valence-corrected chi connectivity index (χ2v) is 5.64. The second-order valence-electron chi connectivity index (χ2n) is 5.20. The Kier molecular flexibility index (Phi) is 4.48. The lowest BCUT2D eigenvalue weighted by molar-refractivity contribution is -0.386. The molecule has 0 atom stereocenters. The van der Waals surface area contributed by atoms with Gasteiger partial charge in [0.1, 0.15) is 12.3 Å². The van der Waals surface area contributed by atoms with Crippen LogP contribution in [0.2, 0.25) is 5.02 Å². The fourth-order valence-electron chi connectivity index (χ4n) is 2.18. The van der Waals surface area contributed by atoms with Crippen molar-refractivity contribution in [1.82, 2.24) is 5.16 Å². The van der Waals surface area contributed by atoms with E-state index in [1.807, 2.05) is 12.1 Å². The van der Waals surface area contributed by atoms with Gasteiger partial charge < -0.3 is 9.26 Å². The average molecular weight is 345 g/mol. The first-order chi connectivity index (χ1) is 11.5. The first kappa shape index (κ1) is 16.0. The third kappa shape index (κ3) is 3.55. The number of hydrogen-bond donors (Lipinski definition) is 0. The molecule has 24 heavy (non-hydrogen) atoms. The fourth-order valence-corrected chi connectivity index (χ4v) is 2.30. The second kappa shape index (κ2) is 6.72. The summed E-state index contributed by atoms with van der Waals surface area (Å²) in [7, 11) is 0. The first-order valence-electron chi connectivity index (χ1n) is 7.12. The Bertz CT molecular complexity index is 875. The number of halogens is 1. The van der Waals surface area contributed by atoms with Gasteiger partial charge in [0.15, 0.2) is 11.5 Å². The Labute approximate surface area is 142 Å². The van der Waals surface area contributed by atoms with Crippen LogP contribution in [0.25, 0.3) is 11.3 Å². The summed E-state index contributed by atoms with van der Waals surface area (Å²) >= 11 is 5.85. The molecule has 0 unspecified atom stereocenters. The quantitative estimate of drug-likeness (QED) is 0.491. The highest BCUT2D eigenvalue weighted by Gasteiger charge is 2.16. The van der Waals surface area contributed by atoms with Crippen molar-refractivity contribution < 1.29 is 14.2 Å². The Balaban J connectivity index is 1.74. The third-order valence-electron chi connectivity index (χ3n) is 3.38. The predicted molar refractivity (Wildman–Crippen MR) is 89.1 cm³/mol. The van der Waals surface area contributed by atoms with Crippen molar-refractivity contribution in [3.63, 3.8) is 0 Å². The van der Waals surface area contributed by atoms with Crippen molar-refractivity contribution in [3.05, 3.63) is 75.0 Å². The van der Waals surface area contributed by atoms with Crippen LogP contribution in [0, 0.1) is 17.0 Å². The third-order valence-corrected chi connectivity index (χ3v) is 3.63. The number of ether oxygens (including phenoxy) is 1. The molecule has 0 aliphatic rings. The van der Waals surface area contributed by atoms with Crippen LogP contribution < -0.4 is 4.74 Å². The molecule has 3 aromatic rings. The Morgan fingerprint density at radius 3 is 2.67 bits per heavy atom. The monoisotopic (exact) mass is 344 g/mol. The lowest BCUT2D eigenvalue weighted by Gasteiger charge is -2.05. The number of nitro benzene ring substituents is 1. The van der Waals surface area contributed by atoms with Gasteiger partial charge in [-0.15, -0.1) is 0 Å². The van der Waals surface area contributed by atoms with Crippen LogP contribution in [0.3, 0.4) is 0 Å². The number of aryl methyl sites for hydroxylation is 1. The molecule has 0 saturated carbocycles. The number of aromatic nitrogens is 1. The van der Waals surface area contributed by atoms with E-state index in [2.05, 4.69) is 5.16 Å². The fraction of sp³-hybridized carbons (Fsp3) is 0.118. The first-order valence-corrected chi connectivity index (χ1v) is 7.50. The van der Waals surface area contributed by atoms with Crippen LogP contribution in [-0.2, 0) is 6.61 Å². The lowest BCUT2D eigenvalue weighted by Crippen LogP contribution is -1.98. The highest BCUT2D eigenvalue weighted by molar-refractivity contribution is 6.30. The van der Waals surface area contributed by atoms with E-state index in [1.54, 1.807) is 37.3 Å². The molecule has 3 rings (SSSR count). The predicted octanol–water partition coefficient (Wildman–Crippen LogP) is 4.79. The smallest absolute Gasteiger partial charge is 0.311 e. The molecule has 122 valence electrons. The normalized spacial score (nSPS) is 10.6. The van der Waals surface area contributed by atoms with Crippen LogP contribution >= 0.6 is 11.6 Å². The number of benzene rings is 2. The molecule has 2 aromatic carbocycles. The van der Waals surface area contributed by atoms with Gasteiger partial charge in [-0.3, -0.25) is 10.1 Å². The van der Waals surface area contributed by atoms with Gasteiger partial charge in [-0.25, -0.2) is 0 Å². The number of nitro groups is 1. The largest absolute Gasteiger partial charge is 0.479 e. The van der Waals surface area contributed by atoms with Gasteiger partial charge >= 0.3 is 5.69 Å². The molecule has 0 radical (unpaired) electrons. The molecule has 0 amide bonds. The molecule has 0 saturated heterocycles. The van der Waals surface area contributed by atoms with E-state index in [9.17, 15) is 10.1 Å². The van der Waals surface area contributed by atoms with Gasteiger partial charge in [0.2, 0.25) is 0 Å². The zero-order chi connectivity index (χ0) is 17.1. The van der Waals surface area contributed by atoms with Crippen LogP contribution in [-0.4, -0.2) is 10.1 Å². The van der Waals surface area contributed by atoms with Crippen LogP contribution in [0.15, 0.2) is 53.1 Å². The Morgan fingerprint density at radius 1 is 1.21 bits per heavy atom. The van der Waals surface area contributed by atoms with E-state index >= 15 is 0 Å². The van der Waals surface area contributed by atoms with Gasteiger partial charge in [-0.1, -0.05) is 35.0 Å². The van der Waals surface area contributed by atoms with Gasteiger partial charge in [0.25, 0.3) is 0 Å². The van der Waals surface area contributed by atoms with Gasteiger partial charge in [0.05, 0.1) is 4.92 Å². The van der Waals surface area contributed by atoms with Crippen LogP contribution in [0.5, 0.6) is 5.75 Å². The molecule has 0 N–H and O–H groups in total. The Morgan fingerprint density at radius 2 is 1.96 bits per heavy atom. The van der Waals surface area contributed by atoms with Crippen molar-refractivity contribution in [1.29, 1.82) is 0 Å². The summed E-state index contributed by atoms with van der Waals surface area (Å²) in [6, 6.07) is 13.7. The van der Waals surface area contributed by atoms with Gasteiger partial charge in [0, 0.05) is 22.7 Å². The molecule has 0 bridgehead atoms. The molecule has 0 aliphatic heterocycles. The molecule has 0 spiro atoms. The summed E-state index contributed by atoms with van der Waals surface area (Å²) in [5.74, 6) is 0.657. The summed E-state index contributed by atoms with van der Waals surface area (Å²) in [5, 5.41) is 15.7. The highest BCUT2D eigenvalue weighted by atomic mass is 35.5. The summed E-state index contributed by atoms with van der Waals surface area (Å²) in [6.45, 7) is 1.83. The topological polar surface area (TPSA) is 78.4 Å². The molecule has 6 nitrogen and oxygen atoms in total. The minimum absolute atomic E-state index is 0.0461. The van der Waals surface area contributed by atoms with Crippen molar-refractivity contribution in [3.8, 4) is 17.0 Å². The SMILES string of the molecule is Cc1ccc(OCc2cc(-c3ccc(Cl)cc3)no2)c([N+](=O)[O-])c1. The number of rotatable bonds is 5. The molecule has 1 heterocycles. The van der Waals surface area contributed by atoms with Crippen molar-refractivity contribution in [2.75, 3.05) is 0 Å². The van der Waals surface area contributed by atoms with Crippen molar-refractivity contribution in [2.24, 2.45) is 0 Å². The van der Waals surface area contributed by atoms with Gasteiger partial charge in [-0.2, -0.15) is 0 Å². The summed E-state index contributed by atoms with van der Waals surface area (Å²) < 4.78 is 10.7. The van der Waals surface area contributed by atoms with E-state index in [0.29, 0.717) is 16.5 Å². The molecule has 0 fully saturated rings. The lowest BCUT2D eigenvalue weighted by atomic mass is 10.1. The van der Waals surface area contributed by atoms with E-state index in [-0.39, 0.29) is 18.0 Å². The average Bonchev–Trinajstić information content (AvgIpc) is 3.03. The zero-order valence-corrected chi connectivity index (χ0v) is 13.5. The van der Waals surface area contributed by atoms with Crippen molar-refractivity contribution >= 4 is 17.3 Å². The number of nitrogens with zero attached hydrogens (tertiary/aromatic N) is 2. The van der Waals surface area contributed by atoms with E-state index in [1.165, 1.54) is 6.07 Å². The minimum atomic E-state index is -0.470. The maximum Gasteiger partial charge on any atom is 0.311 e. The molecule has 7 heteroatoms. The summed E-state index contributed by atoms with van der Waals surface area (Å²) in [5.41, 5.74) is 2.21. The maximum atomic E-state index is 11.1. The van der Waals surface area contributed by atoms with E-state index in [0.717, 1.165) is 11.1 Å². The van der Waals surface area contributed by atoms with Crippen LogP contribution in [0.1, 0.15) is 11.3 Å². The van der Waals surface area contributed by atoms with E-state index in [4.69, 9.17) is 20.9 Å². The highest BCUT2D eigenvalue weighted by Crippen LogP contribution is 2.29. The summed E-state index contributed by atoms with van der Waals surface area (Å²) in [6.07, 6.45) is 0. The number of hydrogen-bond acceptors (Lipinski definition) is 5. The minimum Gasteiger partial charge on any atom is -0.479 e. The van der Waals surface area contributed by atoms with Gasteiger partial charge in [-0.05, 0) is 30.7 Å². The van der Waals surface area contributed by atoms with Crippen molar-refractivity contribution in [2.45, 2.75) is 13.5 Å². The standard InChI is InChI=1S/C17H13ClN2O4/c1-11-2-7-17(16(8-11)20(21)22)23-10-14-9-15(19-24-14)12-3-5-13(18)6-4-12/h2-9H,10H2,1H3. The maximum absolute atomic E-state index is 11.1. The van der Waals surface area contributed by atoms with Crippen LogP contribution in [0.4, 0.5) is 5.69 Å². The molecule has 0 aliphatic carbocycles. The zero-order valence-electron chi connectivity index (χ0n) is 12.7. The Hall–Kier alpha value is -2.86. The molecular formula is C17H13ClN2O4. The molecular weight excluding hydrogens is 332 g/mol. The molecule has 1 aromatic heterocycles. The van der Waals surface area contributed by atoms with E-state index < -0.39 is 4.92 Å².